The first-order chi connectivity index (χ1) is 9.25. The summed E-state index contributed by atoms with van der Waals surface area (Å²) in [7, 11) is 0. The van der Waals surface area contributed by atoms with Gasteiger partial charge in [0.1, 0.15) is 11.3 Å². The molecule has 4 heteroatoms. The van der Waals surface area contributed by atoms with Gasteiger partial charge in [0.2, 0.25) is 0 Å². The molecule has 0 aliphatic heterocycles. The van der Waals surface area contributed by atoms with Crippen LogP contribution < -0.4 is 10.3 Å². The van der Waals surface area contributed by atoms with Gasteiger partial charge in [-0.1, -0.05) is 18.2 Å². The molecule has 0 radical (unpaired) electrons. The third-order valence-corrected chi connectivity index (χ3v) is 3.01. The lowest BCUT2D eigenvalue weighted by Gasteiger charge is -2.00. The molecule has 0 unspecified atom stereocenters. The average molecular weight is 253 g/mol. The minimum atomic E-state index is -0.242. The quantitative estimate of drug-likeness (QED) is 0.763. The van der Waals surface area contributed by atoms with Crippen molar-refractivity contribution in [2.45, 2.75) is 6.92 Å². The van der Waals surface area contributed by atoms with Crippen molar-refractivity contribution in [3.63, 3.8) is 0 Å². The second kappa shape index (κ2) is 4.57. The molecule has 0 saturated heterocycles. The van der Waals surface area contributed by atoms with E-state index in [9.17, 15) is 4.79 Å². The lowest BCUT2D eigenvalue weighted by Crippen LogP contribution is -2.14. The largest absolute Gasteiger partial charge is 0.451 e. The molecule has 1 amide bonds. The molecular formula is C15H13N2O2+. The molecule has 2 aromatic heterocycles. The van der Waals surface area contributed by atoms with Crippen molar-refractivity contribution in [2.75, 3.05) is 5.32 Å². The number of rotatable bonds is 2. The summed E-state index contributed by atoms with van der Waals surface area (Å²) in [4.78, 5) is 15.1. The van der Waals surface area contributed by atoms with Crippen molar-refractivity contribution in [2.24, 2.45) is 0 Å². The summed E-state index contributed by atoms with van der Waals surface area (Å²) in [5, 5.41) is 3.76. The fraction of sp³-hybridized carbons (Fsp3) is 0.0667. The Morgan fingerprint density at radius 1 is 1.21 bits per heavy atom. The van der Waals surface area contributed by atoms with Gasteiger partial charge in [-0.15, -0.1) is 0 Å². The second-order valence-corrected chi connectivity index (χ2v) is 4.30. The van der Waals surface area contributed by atoms with Gasteiger partial charge in [0.15, 0.2) is 18.2 Å². The highest BCUT2D eigenvalue weighted by atomic mass is 16.3. The molecule has 2 heterocycles. The van der Waals surface area contributed by atoms with E-state index in [0.29, 0.717) is 11.4 Å². The van der Waals surface area contributed by atoms with Crippen molar-refractivity contribution < 1.29 is 14.2 Å². The maximum Gasteiger partial charge on any atom is 0.291 e. The predicted octanol–water partition coefficient (Wildman–Crippen LogP) is 2.81. The van der Waals surface area contributed by atoms with E-state index in [4.69, 9.17) is 4.42 Å². The number of benzene rings is 1. The number of anilines is 1. The van der Waals surface area contributed by atoms with Gasteiger partial charge in [-0.3, -0.25) is 4.79 Å². The van der Waals surface area contributed by atoms with E-state index < -0.39 is 0 Å². The molecule has 1 aromatic carbocycles. The zero-order valence-corrected chi connectivity index (χ0v) is 10.4. The fourth-order valence-electron chi connectivity index (χ4n) is 2.05. The highest BCUT2D eigenvalue weighted by Crippen LogP contribution is 2.25. The number of nitrogens with one attached hydrogen (secondary N) is 2. The van der Waals surface area contributed by atoms with Crippen LogP contribution in [0.1, 0.15) is 16.1 Å². The third-order valence-electron chi connectivity index (χ3n) is 3.01. The molecule has 3 rings (SSSR count). The number of aromatic nitrogens is 1. The van der Waals surface area contributed by atoms with Crippen LogP contribution >= 0.6 is 0 Å². The summed E-state index contributed by atoms with van der Waals surface area (Å²) in [6, 6.07) is 11.3. The standard InChI is InChI=1S/C15H12N2O2/c1-10-12-6-2-3-7-13(12)19-14(10)15(18)17-11-5-4-8-16-9-11/h2-9H,1H3,(H,17,18)/p+1. The Kier molecular flexibility index (Phi) is 2.76. The number of fused-ring (bicyclic) bond motifs is 1. The van der Waals surface area contributed by atoms with Gasteiger partial charge >= 0.3 is 0 Å². The molecule has 3 aromatic rings. The summed E-state index contributed by atoms with van der Waals surface area (Å²) in [6.07, 6.45) is 3.50. The van der Waals surface area contributed by atoms with Crippen molar-refractivity contribution in [1.82, 2.24) is 0 Å². The molecule has 0 aliphatic rings. The highest BCUT2D eigenvalue weighted by Gasteiger charge is 2.17. The van der Waals surface area contributed by atoms with Gasteiger partial charge in [0.05, 0.1) is 0 Å². The number of aryl methyl sites for hydroxylation is 1. The van der Waals surface area contributed by atoms with Gasteiger partial charge in [-0.05, 0) is 19.1 Å². The summed E-state index contributed by atoms with van der Waals surface area (Å²) < 4.78 is 5.61. The molecule has 2 N–H and O–H groups in total. The van der Waals surface area contributed by atoms with Crippen LogP contribution in [0.5, 0.6) is 0 Å². The Bertz CT molecular complexity index is 732. The van der Waals surface area contributed by atoms with Gasteiger partial charge < -0.3 is 9.73 Å². The number of H-pyrrole nitrogens is 1. The Hall–Kier alpha value is -2.62. The lowest BCUT2D eigenvalue weighted by atomic mass is 10.1. The van der Waals surface area contributed by atoms with E-state index in [2.05, 4.69) is 10.3 Å². The first kappa shape index (κ1) is 11.5. The topological polar surface area (TPSA) is 56.4 Å². The Morgan fingerprint density at radius 2 is 2.05 bits per heavy atom. The van der Waals surface area contributed by atoms with Crippen molar-refractivity contribution in [3.05, 3.63) is 60.1 Å². The minimum absolute atomic E-state index is 0.242. The van der Waals surface area contributed by atoms with Crippen LogP contribution in [0.15, 0.2) is 53.2 Å². The molecule has 0 fully saturated rings. The number of carbonyl (C=O) groups excluding carboxylic acids is 1. The number of hydrogen-bond donors (Lipinski definition) is 1. The SMILES string of the molecule is Cc1c(C(=O)Nc2ccc[nH+]c2)oc2ccccc12. The van der Waals surface area contributed by atoms with Crippen LogP contribution in [-0.4, -0.2) is 5.91 Å². The molecule has 0 atom stereocenters. The number of hydrogen-bond acceptors (Lipinski definition) is 2. The smallest absolute Gasteiger partial charge is 0.291 e. The first-order valence-electron chi connectivity index (χ1n) is 6.01. The fourth-order valence-corrected chi connectivity index (χ4v) is 2.05. The van der Waals surface area contributed by atoms with Gasteiger partial charge in [-0.25, -0.2) is 4.98 Å². The molecule has 94 valence electrons. The monoisotopic (exact) mass is 253 g/mol. The van der Waals surface area contributed by atoms with Crippen LogP contribution in [0.25, 0.3) is 11.0 Å². The van der Waals surface area contributed by atoms with Crippen LogP contribution in [0.3, 0.4) is 0 Å². The first-order valence-corrected chi connectivity index (χ1v) is 6.01. The van der Waals surface area contributed by atoms with E-state index in [1.807, 2.05) is 43.3 Å². The second-order valence-electron chi connectivity index (χ2n) is 4.30. The Labute approximate surface area is 110 Å². The maximum atomic E-state index is 12.2. The minimum Gasteiger partial charge on any atom is -0.451 e. The molecular weight excluding hydrogens is 240 g/mol. The van der Waals surface area contributed by atoms with Gasteiger partial charge in [0, 0.05) is 17.0 Å². The van der Waals surface area contributed by atoms with Crippen LogP contribution in [0, 0.1) is 6.92 Å². The van der Waals surface area contributed by atoms with E-state index in [1.54, 1.807) is 12.4 Å². The summed E-state index contributed by atoms with van der Waals surface area (Å²) in [6.45, 7) is 1.89. The zero-order valence-electron chi connectivity index (χ0n) is 10.4. The van der Waals surface area contributed by atoms with Crippen LogP contribution in [-0.2, 0) is 0 Å². The number of aromatic amines is 1. The molecule has 0 bridgehead atoms. The number of pyridine rings is 1. The Morgan fingerprint density at radius 3 is 2.79 bits per heavy atom. The maximum absolute atomic E-state index is 12.2. The predicted molar refractivity (Wildman–Crippen MR) is 71.9 cm³/mol. The number of para-hydroxylation sites is 1. The van der Waals surface area contributed by atoms with Gasteiger partial charge in [-0.2, -0.15) is 0 Å². The summed E-state index contributed by atoms with van der Waals surface area (Å²) >= 11 is 0. The average Bonchev–Trinajstić information content (AvgIpc) is 2.78. The van der Waals surface area contributed by atoms with Crippen molar-refractivity contribution in [1.29, 1.82) is 0 Å². The van der Waals surface area contributed by atoms with Crippen molar-refractivity contribution >= 4 is 22.6 Å². The van der Waals surface area contributed by atoms with Crippen LogP contribution in [0.2, 0.25) is 0 Å². The molecule has 4 nitrogen and oxygen atoms in total. The normalized spacial score (nSPS) is 10.6. The summed E-state index contributed by atoms with van der Waals surface area (Å²) in [5.41, 5.74) is 2.28. The summed E-state index contributed by atoms with van der Waals surface area (Å²) in [5.74, 6) is 0.110. The number of amides is 1. The van der Waals surface area contributed by atoms with E-state index >= 15 is 0 Å². The Balaban J connectivity index is 1.96. The molecule has 0 saturated carbocycles. The van der Waals surface area contributed by atoms with Crippen LogP contribution in [0.4, 0.5) is 5.69 Å². The highest BCUT2D eigenvalue weighted by molar-refractivity contribution is 6.06. The van der Waals surface area contributed by atoms with E-state index in [-0.39, 0.29) is 5.91 Å². The lowest BCUT2D eigenvalue weighted by molar-refractivity contribution is -0.377. The molecule has 0 aliphatic carbocycles. The van der Waals surface area contributed by atoms with Crippen molar-refractivity contribution in [3.8, 4) is 0 Å². The molecule has 0 spiro atoms. The molecule has 19 heavy (non-hydrogen) atoms. The third kappa shape index (κ3) is 2.08. The van der Waals surface area contributed by atoms with E-state index in [0.717, 1.165) is 16.5 Å². The number of furan rings is 1. The zero-order chi connectivity index (χ0) is 13.2. The number of carbonyl (C=O) groups is 1. The van der Waals surface area contributed by atoms with E-state index in [1.165, 1.54) is 0 Å². The van der Waals surface area contributed by atoms with Gasteiger partial charge in [0.25, 0.3) is 5.91 Å².